The second-order valence-corrected chi connectivity index (χ2v) is 7.48. The third kappa shape index (κ3) is 3.54. The number of nitrogens with zero attached hydrogens (tertiary/aromatic N) is 2. The number of rotatable bonds is 4. The molecule has 0 saturated carbocycles. The third-order valence-electron chi connectivity index (χ3n) is 4.49. The summed E-state index contributed by atoms with van der Waals surface area (Å²) in [4.78, 5) is 24.5. The molecule has 0 radical (unpaired) electrons. The smallest absolute Gasteiger partial charge is 0.257 e. The fourth-order valence-electron chi connectivity index (χ4n) is 3.12. The van der Waals surface area contributed by atoms with Crippen LogP contribution in [0.4, 0.5) is 21.6 Å². The first-order chi connectivity index (χ1) is 13.8. The van der Waals surface area contributed by atoms with Crippen LogP contribution in [-0.2, 0) is 0 Å². The van der Waals surface area contributed by atoms with Crippen LogP contribution >= 0.6 is 23.2 Å². The summed E-state index contributed by atoms with van der Waals surface area (Å²) in [6.45, 7) is 0. The van der Waals surface area contributed by atoms with Gasteiger partial charge in [0.15, 0.2) is 0 Å². The second-order valence-electron chi connectivity index (χ2n) is 6.64. The Labute approximate surface area is 175 Å². The lowest BCUT2D eigenvalue weighted by Crippen LogP contribution is -2.20. The highest BCUT2D eigenvalue weighted by Gasteiger charge is 2.17. The molecule has 0 bridgehead atoms. The maximum absolute atomic E-state index is 14.4. The second kappa shape index (κ2) is 7.42. The first kappa shape index (κ1) is 19.3. The van der Waals surface area contributed by atoms with Crippen molar-refractivity contribution in [3.63, 3.8) is 0 Å². The summed E-state index contributed by atoms with van der Waals surface area (Å²) in [6, 6.07) is 7.51. The molecule has 9 heteroatoms. The van der Waals surface area contributed by atoms with E-state index in [1.165, 1.54) is 24.4 Å². The van der Waals surface area contributed by atoms with Crippen LogP contribution in [-0.4, -0.2) is 29.0 Å². The van der Waals surface area contributed by atoms with Crippen molar-refractivity contribution in [3.8, 4) is 11.1 Å². The molecular weight excluding hydrogens is 416 g/mol. The number of nitrogens with one attached hydrogen (secondary N) is 3. The van der Waals surface area contributed by atoms with Crippen LogP contribution in [0, 0.1) is 5.82 Å². The van der Waals surface area contributed by atoms with Crippen LogP contribution in [0.3, 0.4) is 0 Å². The number of pyridine rings is 2. The molecule has 3 N–H and O–H groups in total. The van der Waals surface area contributed by atoms with E-state index in [-0.39, 0.29) is 11.1 Å². The van der Waals surface area contributed by atoms with E-state index < -0.39 is 11.4 Å². The quantitative estimate of drug-likeness (QED) is 0.416. The van der Waals surface area contributed by atoms with Crippen LogP contribution < -0.4 is 15.8 Å². The number of hydrogen-bond donors (Lipinski definition) is 3. The van der Waals surface area contributed by atoms with Gasteiger partial charge in [0.1, 0.15) is 17.3 Å². The van der Waals surface area contributed by atoms with Gasteiger partial charge < -0.3 is 20.2 Å². The molecular formula is C20H16Cl2FN5O. The minimum atomic E-state index is -0.543. The van der Waals surface area contributed by atoms with E-state index in [0.717, 1.165) is 5.39 Å². The molecule has 3 heterocycles. The first-order valence-corrected chi connectivity index (χ1v) is 9.39. The van der Waals surface area contributed by atoms with Gasteiger partial charge in [-0.2, -0.15) is 0 Å². The van der Waals surface area contributed by atoms with Crippen molar-refractivity contribution >= 4 is 51.4 Å². The fraction of sp³-hybridized carbons (Fsp3) is 0.100. The topological polar surface area (TPSA) is 76.8 Å². The Morgan fingerprint density at radius 2 is 1.93 bits per heavy atom. The molecule has 0 spiro atoms. The van der Waals surface area contributed by atoms with Crippen LogP contribution in [0.15, 0.2) is 47.5 Å². The van der Waals surface area contributed by atoms with Crippen LogP contribution in [0.5, 0.6) is 0 Å². The molecule has 0 aliphatic heterocycles. The number of anilines is 3. The molecule has 4 rings (SSSR count). The Bertz CT molecular complexity index is 1280. The summed E-state index contributed by atoms with van der Waals surface area (Å²) in [5.41, 5.74) is 1.64. The van der Waals surface area contributed by atoms with E-state index in [9.17, 15) is 9.18 Å². The number of hydrogen-bond acceptors (Lipinski definition) is 4. The van der Waals surface area contributed by atoms with Crippen molar-refractivity contribution in [2.24, 2.45) is 0 Å². The predicted molar refractivity (Wildman–Crippen MR) is 116 cm³/mol. The Balaban J connectivity index is 1.92. The third-order valence-corrected chi connectivity index (χ3v) is 5.01. The molecule has 0 amide bonds. The van der Waals surface area contributed by atoms with Gasteiger partial charge in [-0.25, -0.2) is 9.37 Å². The summed E-state index contributed by atoms with van der Waals surface area (Å²) >= 11 is 12.4. The normalized spacial score (nSPS) is 11.1. The summed E-state index contributed by atoms with van der Waals surface area (Å²) in [6.07, 6.45) is 3.28. The van der Waals surface area contributed by atoms with Crippen molar-refractivity contribution in [2.45, 2.75) is 0 Å². The summed E-state index contributed by atoms with van der Waals surface area (Å²) in [5.74, 6) is -0.0313. The highest BCUT2D eigenvalue weighted by Crippen LogP contribution is 2.36. The number of halogens is 3. The van der Waals surface area contributed by atoms with Gasteiger partial charge in [-0.05, 0) is 30.3 Å². The summed E-state index contributed by atoms with van der Waals surface area (Å²) in [7, 11) is 3.58. The van der Waals surface area contributed by atoms with E-state index in [1.807, 2.05) is 6.07 Å². The average molecular weight is 432 g/mol. The minimum Gasteiger partial charge on any atom is -0.362 e. The molecule has 4 aromatic rings. The zero-order chi connectivity index (χ0) is 20.7. The molecule has 148 valence electrons. The van der Waals surface area contributed by atoms with Gasteiger partial charge in [0.05, 0.1) is 28.2 Å². The van der Waals surface area contributed by atoms with Crippen molar-refractivity contribution in [2.75, 3.05) is 24.3 Å². The number of fused-ring (bicyclic) bond motifs is 1. The molecule has 0 atom stereocenters. The Morgan fingerprint density at radius 1 is 1.14 bits per heavy atom. The molecule has 0 unspecified atom stereocenters. The van der Waals surface area contributed by atoms with Crippen LogP contribution in [0.1, 0.15) is 0 Å². The van der Waals surface area contributed by atoms with Gasteiger partial charge in [0.25, 0.3) is 5.56 Å². The Hall–Kier alpha value is -3.03. The maximum atomic E-state index is 14.4. The molecule has 29 heavy (non-hydrogen) atoms. The van der Waals surface area contributed by atoms with Crippen molar-refractivity contribution in [1.82, 2.24) is 15.0 Å². The Kier molecular flexibility index (Phi) is 4.94. The molecule has 3 aromatic heterocycles. The lowest BCUT2D eigenvalue weighted by Gasteiger charge is -2.20. The van der Waals surface area contributed by atoms with Gasteiger partial charge in [-0.1, -0.05) is 23.2 Å². The number of benzene rings is 1. The van der Waals surface area contributed by atoms with E-state index in [1.54, 1.807) is 31.3 Å². The SMILES string of the molecule is CN(C)c1[nH]c(=O)c(-c2cc(Cl)ccc2F)cc1Nc1c(Cl)cnc2[nH]ccc12. The van der Waals surface area contributed by atoms with E-state index in [4.69, 9.17) is 23.2 Å². The molecule has 0 aliphatic carbocycles. The van der Waals surface area contributed by atoms with E-state index in [0.29, 0.717) is 32.9 Å². The van der Waals surface area contributed by atoms with Gasteiger partial charge in [-0.15, -0.1) is 0 Å². The summed E-state index contributed by atoms with van der Waals surface area (Å²) < 4.78 is 14.4. The monoisotopic (exact) mass is 431 g/mol. The van der Waals surface area contributed by atoms with Gasteiger partial charge >= 0.3 is 0 Å². The Morgan fingerprint density at radius 3 is 2.69 bits per heavy atom. The lowest BCUT2D eigenvalue weighted by molar-refractivity contribution is 0.631. The van der Waals surface area contributed by atoms with Gasteiger partial charge in [-0.3, -0.25) is 4.79 Å². The lowest BCUT2D eigenvalue weighted by atomic mass is 10.1. The number of aromatic nitrogens is 3. The number of H-pyrrole nitrogens is 2. The minimum absolute atomic E-state index is 0.111. The zero-order valence-electron chi connectivity index (χ0n) is 15.5. The summed E-state index contributed by atoms with van der Waals surface area (Å²) in [5, 5.41) is 4.78. The highest BCUT2D eigenvalue weighted by atomic mass is 35.5. The molecule has 6 nitrogen and oxygen atoms in total. The molecule has 0 fully saturated rings. The zero-order valence-corrected chi connectivity index (χ0v) is 17.0. The van der Waals surface area contributed by atoms with Crippen LogP contribution in [0.25, 0.3) is 22.2 Å². The number of aromatic amines is 2. The predicted octanol–water partition coefficient (Wildman–Crippen LogP) is 5.17. The fourth-order valence-corrected chi connectivity index (χ4v) is 3.49. The highest BCUT2D eigenvalue weighted by molar-refractivity contribution is 6.34. The molecule has 0 aliphatic rings. The average Bonchev–Trinajstić information content (AvgIpc) is 3.16. The van der Waals surface area contributed by atoms with Crippen molar-refractivity contribution in [1.29, 1.82) is 0 Å². The molecule has 0 saturated heterocycles. The molecule has 1 aromatic carbocycles. The van der Waals surface area contributed by atoms with E-state index >= 15 is 0 Å². The van der Waals surface area contributed by atoms with Gasteiger partial charge in [0, 0.05) is 36.3 Å². The van der Waals surface area contributed by atoms with Crippen LogP contribution in [0.2, 0.25) is 10.0 Å². The first-order valence-electron chi connectivity index (χ1n) is 8.64. The van der Waals surface area contributed by atoms with Crippen molar-refractivity contribution < 1.29 is 4.39 Å². The largest absolute Gasteiger partial charge is 0.362 e. The maximum Gasteiger partial charge on any atom is 0.257 e. The van der Waals surface area contributed by atoms with Crippen molar-refractivity contribution in [3.05, 3.63) is 68.9 Å². The van der Waals surface area contributed by atoms with E-state index in [2.05, 4.69) is 20.3 Å². The standard InChI is InChI=1S/C20H16Cl2FN5O/c1-28(2)19-16(26-17-11-5-6-24-18(11)25-9-14(17)22)8-13(20(29)27-19)12-7-10(21)3-4-15(12)23/h3-9H,1-2H3,(H,27,29)(H2,24,25,26). The van der Waals surface area contributed by atoms with Gasteiger partial charge in [0.2, 0.25) is 0 Å².